The van der Waals surface area contributed by atoms with E-state index in [1.807, 2.05) is 25.2 Å². The first-order chi connectivity index (χ1) is 11.4. The van der Waals surface area contributed by atoms with E-state index in [0.29, 0.717) is 29.9 Å². The van der Waals surface area contributed by atoms with Crippen LogP contribution in [0, 0.1) is 0 Å². The highest BCUT2D eigenvalue weighted by Crippen LogP contribution is 2.30. The van der Waals surface area contributed by atoms with Crippen LogP contribution >= 0.6 is 0 Å². The molecule has 24 heavy (non-hydrogen) atoms. The number of rotatable bonds is 6. The molecular weight excluding hydrogens is 306 g/mol. The van der Waals surface area contributed by atoms with Crippen LogP contribution in [-0.4, -0.2) is 43.9 Å². The second-order valence-corrected chi connectivity index (χ2v) is 7.13. The molecule has 1 saturated carbocycles. The van der Waals surface area contributed by atoms with Gasteiger partial charge in [-0.2, -0.15) is 0 Å². The first-order valence-corrected chi connectivity index (χ1v) is 8.47. The highest BCUT2D eigenvalue weighted by atomic mass is 16.2. The molecule has 1 atom stereocenters. The van der Waals surface area contributed by atoms with Crippen LogP contribution in [0.4, 0.5) is 5.69 Å². The van der Waals surface area contributed by atoms with Crippen LogP contribution in [0.2, 0.25) is 0 Å². The van der Waals surface area contributed by atoms with Gasteiger partial charge < -0.3 is 10.2 Å². The standard InChI is InChI=1S/C18H23N3O3/c1-11(2)12-4-7-15-14(8-12)17(23)18(24)21(15)10-20(3)9-16(22)19-13-5-6-13/h4,7-8,11,13H,5-6,9-10H2,1-3H3,(H,19,22)/p+1. The summed E-state index contributed by atoms with van der Waals surface area (Å²) in [5.74, 6) is -0.675. The minimum Gasteiger partial charge on any atom is -0.348 e. The largest absolute Gasteiger partial charge is 0.348 e. The van der Waals surface area contributed by atoms with Gasteiger partial charge in [-0.05, 0) is 36.5 Å². The molecule has 1 fully saturated rings. The number of likely N-dealkylation sites (N-methyl/N-ethyl adjacent to an activating group) is 1. The Hall–Kier alpha value is -2.21. The maximum Gasteiger partial charge on any atom is 0.303 e. The highest BCUT2D eigenvalue weighted by Gasteiger charge is 2.38. The van der Waals surface area contributed by atoms with E-state index >= 15 is 0 Å². The van der Waals surface area contributed by atoms with E-state index in [0.717, 1.165) is 23.3 Å². The molecule has 1 aliphatic carbocycles. The van der Waals surface area contributed by atoms with Crippen molar-refractivity contribution < 1.29 is 19.3 Å². The number of fused-ring (bicyclic) bond motifs is 1. The van der Waals surface area contributed by atoms with Crippen molar-refractivity contribution in [2.24, 2.45) is 0 Å². The number of amides is 2. The van der Waals surface area contributed by atoms with E-state index < -0.39 is 11.7 Å². The summed E-state index contributed by atoms with van der Waals surface area (Å²) in [5, 5.41) is 2.94. The van der Waals surface area contributed by atoms with E-state index in [2.05, 4.69) is 19.2 Å². The summed E-state index contributed by atoms with van der Waals surface area (Å²) < 4.78 is 0. The van der Waals surface area contributed by atoms with Gasteiger partial charge in [0.05, 0.1) is 18.3 Å². The Kier molecular flexibility index (Phi) is 4.41. The molecule has 3 rings (SSSR count). The number of hydrogen-bond acceptors (Lipinski definition) is 3. The van der Waals surface area contributed by atoms with E-state index in [4.69, 9.17) is 0 Å². The van der Waals surface area contributed by atoms with E-state index in [1.54, 1.807) is 0 Å². The van der Waals surface area contributed by atoms with Gasteiger partial charge >= 0.3 is 5.91 Å². The summed E-state index contributed by atoms with van der Waals surface area (Å²) in [4.78, 5) is 38.8. The van der Waals surface area contributed by atoms with Gasteiger partial charge in [-0.1, -0.05) is 19.9 Å². The lowest BCUT2D eigenvalue weighted by atomic mass is 9.99. The number of carbonyl (C=O) groups is 3. The van der Waals surface area contributed by atoms with E-state index in [1.165, 1.54) is 4.90 Å². The normalized spacial score (nSPS) is 18.1. The van der Waals surface area contributed by atoms with Crippen LogP contribution in [-0.2, 0) is 9.59 Å². The number of quaternary nitrogens is 1. The number of carbonyl (C=O) groups excluding carboxylic acids is 3. The van der Waals surface area contributed by atoms with Gasteiger partial charge in [-0.3, -0.25) is 19.3 Å². The minimum atomic E-state index is -0.507. The third-order valence-corrected chi connectivity index (χ3v) is 4.49. The Balaban J connectivity index is 1.71. The zero-order valence-electron chi connectivity index (χ0n) is 14.4. The van der Waals surface area contributed by atoms with Gasteiger partial charge in [0.1, 0.15) is 0 Å². The average molecular weight is 330 g/mol. The minimum absolute atomic E-state index is 0.0108. The first-order valence-electron chi connectivity index (χ1n) is 8.47. The molecule has 0 aromatic heterocycles. The Morgan fingerprint density at radius 3 is 2.67 bits per heavy atom. The number of anilines is 1. The van der Waals surface area contributed by atoms with E-state index in [9.17, 15) is 14.4 Å². The Morgan fingerprint density at radius 2 is 2.04 bits per heavy atom. The molecule has 1 aromatic carbocycles. The SMILES string of the molecule is CC(C)c1ccc2c(c1)C(=O)C(=O)N2C[NH+](C)CC(=O)NC1CC1. The molecule has 2 N–H and O–H groups in total. The lowest BCUT2D eigenvalue weighted by Gasteiger charge is -2.21. The van der Waals surface area contributed by atoms with Crippen molar-refractivity contribution in [1.82, 2.24) is 5.32 Å². The molecule has 0 bridgehead atoms. The molecule has 6 heteroatoms. The summed E-state index contributed by atoms with van der Waals surface area (Å²) >= 11 is 0. The molecule has 0 radical (unpaired) electrons. The molecule has 0 saturated heterocycles. The summed E-state index contributed by atoms with van der Waals surface area (Å²) in [7, 11) is 1.85. The topological polar surface area (TPSA) is 70.9 Å². The predicted octanol–water partition coefficient (Wildman–Crippen LogP) is 0.0901. The highest BCUT2D eigenvalue weighted by molar-refractivity contribution is 6.52. The van der Waals surface area contributed by atoms with E-state index in [-0.39, 0.29) is 12.5 Å². The average Bonchev–Trinajstić information content (AvgIpc) is 3.30. The van der Waals surface area contributed by atoms with Crippen LogP contribution in [0.5, 0.6) is 0 Å². The van der Waals surface area contributed by atoms with Crippen LogP contribution in [0.3, 0.4) is 0 Å². The lowest BCUT2D eigenvalue weighted by Crippen LogP contribution is -3.12. The zero-order chi connectivity index (χ0) is 17.4. The molecule has 128 valence electrons. The van der Waals surface area contributed by atoms with Crippen molar-refractivity contribution in [3.05, 3.63) is 29.3 Å². The quantitative estimate of drug-likeness (QED) is 0.726. The first kappa shape index (κ1) is 16.6. The molecule has 1 aromatic rings. The van der Waals surface area contributed by atoms with Crippen molar-refractivity contribution in [2.75, 3.05) is 25.2 Å². The maximum absolute atomic E-state index is 12.3. The predicted molar refractivity (Wildman–Crippen MR) is 90.1 cm³/mol. The number of nitrogens with zero attached hydrogens (tertiary/aromatic N) is 1. The zero-order valence-corrected chi connectivity index (χ0v) is 14.4. The fourth-order valence-corrected chi connectivity index (χ4v) is 2.94. The number of ketones is 1. The Labute approximate surface area is 141 Å². The molecule has 1 unspecified atom stereocenters. The smallest absolute Gasteiger partial charge is 0.303 e. The monoisotopic (exact) mass is 330 g/mol. The summed E-state index contributed by atoms with van der Waals surface area (Å²) in [6, 6.07) is 5.94. The molecule has 0 spiro atoms. The van der Waals surface area contributed by atoms with Crippen molar-refractivity contribution in [3.63, 3.8) is 0 Å². The number of benzene rings is 1. The maximum atomic E-state index is 12.3. The second kappa shape index (κ2) is 6.36. The number of nitrogens with one attached hydrogen (secondary N) is 2. The fraction of sp³-hybridized carbons (Fsp3) is 0.500. The van der Waals surface area contributed by atoms with Gasteiger partial charge in [0, 0.05) is 6.04 Å². The van der Waals surface area contributed by atoms with Gasteiger partial charge in [0.15, 0.2) is 13.2 Å². The molecule has 6 nitrogen and oxygen atoms in total. The molecule has 2 amide bonds. The van der Waals surface area contributed by atoms with Crippen molar-refractivity contribution >= 4 is 23.3 Å². The van der Waals surface area contributed by atoms with Gasteiger partial charge in [0.2, 0.25) is 0 Å². The Bertz CT molecular complexity index is 695. The van der Waals surface area contributed by atoms with Crippen molar-refractivity contribution in [3.8, 4) is 0 Å². The second-order valence-electron chi connectivity index (χ2n) is 7.13. The van der Waals surface area contributed by atoms with Crippen molar-refractivity contribution in [1.29, 1.82) is 0 Å². The lowest BCUT2D eigenvalue weighted by molar-refractivity contribution is -0.869. The summed E-state index contributed by atoms with van der Waals surface area (Å²) in [5.41, 5.74) is 2.17. The molecule has 2 aliphatic rings. The van der Waals surface area contributed by atoms with Crippen LogP contribution < -0.4 is 15.1 Å². The van der Waals surface area contributed by atoms with Crippen LogP contribution in [0.25, 0.3) is 0 Å². The summed E-state index contributed by atoms with van der Waals surface area (Å²) in [6.07, 6.45) is 2.10. The fourth-order valence-electron chi connectivity index (χ4n) is 2.94. The third kappa shape index (κ3) is 3.33. The van der Waals surface area contributed by atoms with Gasteiger partial charge in [-0.25, -0.2) is 0 Å². The number of hydrogen-bond donors (Lipinski definition) is 2. The molecule has 1 heterocycles. The van der Waals surface area contributed by atoms with Crippen LogP contribution in [0.1, 0.15) is 48.5 Å². The summed E-state index contributed by atoms with van der Waals surface area (Å²) in [6.45, 7) is 4.69. The van der Waals surface area contributed by atoms with Crippen molar-refractivity contribution in [2.45, 2.75) is 38.6 Å². The third-order valence-electron chi connectivity index (χ3n) is 4.49. The molecule has 1 aliphatic heterocycles. The number of Topliss-reactive ketones (excluding diaryl/α,β-unsaturated/α-hetero) is 1. The van der Waals surface area contributed by atoms with Gasteiger partial charge in [0.25, 0.3) is 11.7 Å². The molecular formula is C18H24N3O3+. The Morgan fingerprint density at radius 1 is 1.33 bits per heavy atom. The van der Waals surface area contributed by atoms with Crippen LogP contribution in [0.15, 0.2) is 18.2 Å². The van der Waals surface area contributed by atoms with Gasteiger partial charge in [-0.15, -0.1) is 0 Å².